The van der Waals surface area contributed by atoms with Gasteiger partial charge in [0.05, 0.1) is 12.7 Å². The van der Waals surface area contributed by atoms with Crippen molar-refractivity contribution in [3.05, 3.63) is 48.7 Å². The van der Waals surface area contributed by atoms with E-state index in [1.54, 1.807) is 30.7 Å². The molecular formula is C26H36FN7O. The number of benzene rings is 1. The molecule has 0 spiro atoms. The number of anilines is 1. The highest BCUT2D eigenvalue weighted by Crippen LogP contribution is 2.28. The predicted molar refractivity (Wildman–Crippen MR) is 137 cm³/mol. The molecule has 1 saturated heterocycles. The van der Waals surface area contributed by atoms with Crippen molar-refractivity contribution in [2.45, 2.75) is 39.8 Å². The summed E-state index contributed by atoms with van der Waals surface area (Å²) in [5.41, 5.74) is 2.10. The van der Waals surface area contributed by atoms with Crippen LogP contribution in [0.15, 0.2) is 42.9 Å². The Morgan fingerprint density at radius 1 is 1.09 bits per heavy atom. The standard InChI is InChI=1S/C26H36FN7O/c1-19(2)33(20(3)4)16-13-31-11-14-32(15-12-31)24(35)18-29-26-25(21-5-7-22(27)8-6-21)30-23-17-28-9-10-34(23)26/h5-10,17,19-20,29H,11-16,18H2,1-4H3. The Bertz CT molecular complexity index is 1110. The van der Waals surface area contributed by atoms with Gasteiger partial charge in [-0.3, -0.25) is 24.0 Å². The van der Waals surface area contributed by atoms with E-state index in [0.29, 0.717) is 29.2 Å². The fraction of sp³-hybridized carbons (Fsp3) is 0.500. The average molecular weight is 482 g/mol. The molecule has 4 rings (SSSR count). The van der Waals surface area contributed by atoms with Gasteiger partial charge in [-0.1, -0.05) is 0 Å². The summed E-state index contributed by atoms with van der Waals surface area (Å²) in [5, 5.41) is 3.29. The number of hydrogen-bond acceptors (Lipinski definition) is 6. The number of carbonyl (C=O) groups is 1. The van der Waals surface area contributed by atoms with Crippen LogP contribution in [0.4, 0.5) is 10.2 Å². The molecule has 8 nitrogen and oxygen atoms in total. The Balaban J connectivity index is 1.36. The quantitative estimate of drug-likeness (QED) is 0.506. The van der Waals surface area contributed by atoms with E-state index < -0.39 is 0 Å². The minimum atomic E-state index is -0.302. The topological polar surface area (TPSA) is 69.0 Å². The van der Waals surface area contributed by atoms with Crippen LogP contribution in [0.5, 0.6) is 0 Å². The van der Waals surface area contributed by atoms with Crippen LogP contribution in [0, 0.1) is 5.82 Å². The van der Waals surface area contributed by atoms with Crippen molar-refractivity contribution in [1.82, 2.24) is 29.1 Å². The van der Waals surface area contributed by atoms with Gasteiger partial charge in [-0.15, -0.1) is 0 Å². The number of rotatable bonds is 9. The van der Waals surface area contributed by atoms with Gasteiger partial charge < -0.3 is 10.2 Å². The molecule has 35 heavy (non-hydrogen) atoms. The van der Waals surface area contributed by atoms with Crippen LogP contribution in [-0.4, -0.2) is 92.9 Å². The molecule has 0 atom stereocenters. The van der Waals surface area contributed by atoms with Gasteiger partial charge in [0.15, 0.2) is 5.65 Å². The van der Waals surface area contributed by atoms with Gasteiger partial charge in [-0.2, -0.15) is 0 Å². The van der Waals surface area contributed by atoms with Crippen LogP contribution in [-0.2, 0) is 4.79 Å². The van der Waals surface area contributed by atoms with Crippen molar-refractivity contribution in [3.63, 3.8) is 0 Å². The zero-order valence-electron chi connectivity index (χ0n) is 21.1. The molecule has 1 N–H and O–H groups in total. The summed E-state index contributed by atoms with van der Waals surface area (Å²) in [6, 6.07) is 7.26. The lowest BCUT2D eigenvalue weighted by Crippen LogP contribution is -2.52. The largest absolute Gasteiger partial charge is 0.360 e. The minimum absolute atomic E-state index is 0.0599. The highest BCUT2D eigenvalue weighted by molar-refractivity contribution is 5.83. The molecule has 188 valence electrons. The van der Waals surface area contributed by atoms with Crippen molar-refractivity contribution in [2.75, 3.05) is 51.1 Å². The van der Waals surface area contributed by atoms with Crippen molar-refractivity contribution in [3.8, 4) is 11.3 Å². The summed E-state index contributed by atoms with van der Waals surface area (Å²) >= 11 is 0. The third-order valence-corrected chi connectivity index (χ3v) is 6.68. The second kappa shape index (κ2) is 11.1. The first kappa shape index (κ1) is 25.1. The first-order chi connectivity index (χ1) is 16.8. The van der Waals surface area contributed by atoms with Crippen LogP contribution in [0.3, 0.4) is 0 Å². The number of imidazole rings is 1. The number of piperazine rings is 1. The maximum atomic E-state index is 13.4. The summed E-state index contributed by atoms with van der Waals surface area (Å²) in [5.74, 6) is 0.456. The summed E-state index contributed by atoms with van der Waals surface area (Å²) < 4.78 is 15.3. The molecule has 9 heteroatoms. The summed E-state index contributed by atoms with van der Waals surface area (Å²) in [6.07, 6.45) is 5.15. The third kappa shape index (κ3) is 5.97. The van der Waals surface area contributed by atoms with E-state index in [1.165, 1.54) is 12.1 Å². The molecule has 0 radical (unpaired) electrons. The molecule has 1 amide bonds. The fourth-order valence-corrected chi connectivity index (χ4v) is 4.75. The number of amides is 1. The Kier molecular flexibility index (Phi) is 7.97. The number of aromatic nitrogens is 3. The van der Waals surface area contributed by atoms with Crippen molar-refractivity contribution in [1.29, 1.82) is 0 Å². The van der Waals surface area contributed by atoms with Gasteiger partial charge in [0.25, 0.3) is 0 Å². The zero-order chi connectivity index (χ0) is 24.9. The molecular weight excluding hydrogens is 445 g/mol. The SMILES string of the molecule is CC(C)N(CCN1CCN(C(=O)CNc2c(-c3ccc(F)cc3)nc3cnccn23)CC1)C(C)C. The molecule has 0 unspecified atom stereocenters. The van der Waals surface area contributed by atoms with Crippen LogP contribution in [0.25, 0.3) is 16.9 Å². The van der Waals surface area contributed by atoms with Crippen LogP contribution < -0.4 is 5.32 Å². The number of carbonyl (C=O) groups excluding carboxylic acids is 1. The predicted octanol–water partition coefficient (Wildman–Crippen LogP) is 3.21. The van der Waals surface area contributed by atoms with E-state index in [2.05, 4.69) is 52.8 Å². The molecule has 1 aliphatic rings. The van der Waals surface area contributed by atoms with Gasteiger partial charge in [-0.25, -0.2) is 9.37 Å². The highest BCUT2D eigenvalue weighted by atomic mass is 19.1. The van der Waals surface area contributed by atoms with Gasteiger partial charge in [-0.05, 0) is 52.0 Å². The molecule has 3 heterocycles. The number of nitrogens with one attached hydrogen (secondary N) is 1. The van der Waals surface area contributed by atoms with Crippen LogP contribution in [0.2, 0.25) is 0 Å². The maximum absolute atomic E-state index is 13.4. The van der Waals surface area contributed by atoms with E-state index in [9.17, 15) is 9.18 Å². The summed E-state index contributed by atoms with van der Waals surface area (Å²) in [4.78, 5) is 28.7. The van der Waals surface area contributed by atoms with Crippen molar-refractivity contribution >= 4 is 17.4 Å². The number of fused-ring (bicyclic) bond motifs is 1. The monoisotopic (exact) mass is 481 g/mol. The van der Waals surface area contributed by atoms with E-state index in [1.807, 2.05) is 9.30 Å². The Labute approximate surface area is 206 Å². The first-order valence-corrected chi connectivity index (χ1v) is 12.4. The van der Waals surface area contributed by atoms with Crippen molar-refractivity contribution in [2.24, 2.45) is 0 Å². The molecule has 0 saturated carbocycles. The van der Waals surface area contributed by atoms with Gasteiger partial charge in [0, 0.05) is 69.3 Å². The van der Waals surface area contributed by atoms with E-state index >= 15 is 0 Å². The number of nitrogens with zero attached hydrogens (tertiary/aromatic N) is 6. The van der Waals surface area contributed by atoms with Crippen LogP contribution in [0.1, 0.15) is 27.7 Å². The average Bonchev–Trinajstić information content (AvgIpc) is 3.21. The Morgan fingerprint density at radius 3 is 2.43 bits per heavy atom. The van der Waals surface area contributed by atoms with E-state index in [0.717, 1.165) is 44.8 Å². The van der Waals surface area contributed by atoms with Crippen molar-refractivity contribution < 1.29 is 9.18 Å². The van der Waals surface area contributed by atoms with E-state index in [4.69, 9.17) is 0 Å². The zero-order valence-corrected chi connectivity index (χ0v) is 21.1. The number of hydrogen-bond donors (Lipinski definition) is 1. The van der Waals surface area contributed by atoms with E-state index in [-0.39, 0.29) is 18.3 Å². The molecule has 2 aromatic heterocycles. The molecule has 3 aromatic rings. The summed E-state index contributed by atoms with van der Waals surface area (Å²) in [6.45, 7) is 14.4. The minimum Gasteiger partial charge on any atom is -0.360 e. The normalized spacial score (nSPS) is 15.0. The fourth-order valence-electron chi connectivity index (χ4n) is 4.75. The van der Waals surface area contributed by atoms with Crippen LogP contribution >= 0.6 is 0 Å². The molecule has 1 aromatic carbocycles. The maximum Gasteiger partial charge on any atom is 0.242 e. The lowest BCUT2D eigenvalue weighted by atomic mass is 10.1. The molecule has 1 fully saturated rings. The Hall–Kier alpha value is -3.04. The van der Waals surface area contributed by atoms with Gasteiger partial charge in [0.1, 0.15) is 17.3 Å². The summed E-state index contributed by atoms with van der Waals surface area (Å²) in [7, 11) is 0. The van der Waals surface area contributed by atoms with Gasteiger partial charge >= 0.3 is 0 Å². The third-order valence-electron chi connectivity index (χ3n) is 6.68. The smallest absolute Gasteiger partial charge is 0.242 e. The second-order valence-corrected chi connectivity index (χ2v) is 9.62. The molecule has 0 bridgehead atoms. The Morgan fingerprint density at radius 2 is 1.77 bits per heavy atom. The lowest BCUT2D eigenvalue weighted by molar-refractivity contribution is -0.131. The molecule has 0 aliphatic carbocycles. The lowest BCUT2D eigenvalue weighted by Gasteiger charge is -2.37. The first-order valence-electron chi connectivity index (χ1n) is 12.4. The highest BCUT2D eigenvalue weighted by Gasteiger charge is 2.23. The number of halogens is 1. The second-order valence-electron chi connectivity index (χ2n) is 9.62. The molecule has 1 aliphatic heterocycles. The van der Waals surface area contributed by atoms with Gasteiger partial charge in [0.2, 0.25) is 5.91 Å².